The van der Waals surface area contributed by atoms with Gasteiger partial charge in [0.1, 0.15) is 5.41 Å². The van der Waals surface area contributed by atoms with Crippen LogP contribution in [0.15, 0.2) is 0 Å². The predicted octanol–water partition coefficient (Wildman–Crippen LogP) is -0.542. The topological polar surface area (TPSA) is 81.3 Å². The molecule has 1 rings (SSSR count). The molecule has 0 amide bonds. The highest BCUT2D eigenvalue weighted by molar-refractivity contribution is 5.90. The first-order chi connectivity index (χ1) is 5.56. The molecule has 0 aromatic heterocycles. The fraction of sp³-hybridized carbons (Fsp3) is 0.750. The largest absolute Gasteiger partial charge is 0.396 e. The lowest BCUT2D eigenvalue weighted by Crippen LogP contribution is -2.34. The summed E-state index contributed by atoms with van der Waals surface area (Å²) >= 11 is 0. The number of carbonyl (C=O) groups excluding carboxylic acids is 1. The highest BCUT2D eigenvalue weighted by atomic mass is 16.3. The van der Waals surface area contributed by atoms with Gasteiger partial charge in [-0.15, -0.1) is 0 Å². The standard InChI is InChI=1S/C8H11NO3/c1-8(4-9)6(11)2-5(3-10)7(8)12/h5,7,10,12H,2-3H2,1H3/t5-,7-,8+/m1/s1. The van der Waals surface area contributed by atoms with Crippen molar-refractivity contribution >= 4 is 5.78 Å². The van der Waals surface area contributed by atoms with Crippen molar-refractivity contribution in [2.24, 2.45) is 11.3 Å². The average Bonchev–Trinajstić information content (AvgIpc) is 2.30. The monoisotopic (exact) mass is 169 g/mol. The van der Waals surface area contributed by atoms with Crippen molar-refractivity contribution in [2.75, 3.05) is 6.61 Å². The van der Waals surface area contributed by atoms with Gasteiger partial charge in [-0.1, -0.05) is 0 Å². The molecular weight excluding hydrogens is 158 g/mol. The molecule has 4 nitrogen and oxygen atoms in total. The van der Waals surface area contributed by atoms with Crippen LogP contribution >= 0.6 is 0 Å². The number of aliphatic hydroxyl groups excluding tert-OH is 2. The van der Waals surface area contributed by atoms with Crippen molar-refractivity contribution in [1.29, 1.82) is 5.26 Å². The summed E-state index contributed by atoms with van der Waals surface area (Å²) < 4.78 is 0. The molecule has 0 radical (unpaired) electrons. The Morgan fingerprint density at radius 3 is 2.67 bits per heavy atom. The second-order valence-electron chi connectivity index (χ2n) is 3.33. The van der Waals surface area contributed by atoms with Crippen molar-refractivity contribution < 1.29 is 15.0 Å². The Kier molecular flexibility index (Phi) is 2.18. The zero-order chi connectivity index (χ0) is 9.35. The van der Waals surface area contributed by atoms with Crippen molar-refractivity contribution in [1.82, 2.24) is 0 Å². The number of hydrogen-bond acceptors (Lipinski definition) is 4. The number of carbonyl (C=O) groups is 1. The summed E-state index contributed by atoms with van der Waals surface area (Å²) in [5.74, 6) is -0.751. The van der Waals surface area contributed by atoms with Crippen LogP contribution in [0.25, 0.3) is 0 Å². The molecule has 0 unspecified atom stereocenters. The minimum Gasteiger partial charge on any atom is -0.396 e. The van der Waals surface area contributed by atoms with Crippen molar-refractivity contribution in [3.05, 3.63) is 0 Å². The molecule has 66 valence electrons. The molecule has 0 aliphatic heterocycles. The van der Waals surface area contributed by atoms with Gasteiger partial charge in [0.25, 0.3) is 0 Å². The van der Waals surface area contributed by atoms with E-state index in [2.05, 4.69) is 0 Å². The minimum absolute atomic E-state index is 0.0989. The Balaban J connectivity index is 2.93. The van der Waals surface area contributed by atoms with Gasteiger partial charge in [0.2, 0.25) is 0 Å². The van der Waals surface area contributed by atoms with E-state index in [-0.39, 0.29) is 18.8 Å². The average molecular weight is 169 g/mol. The fourth-order valence-corrected chi connectivity index (χ4v) is 1.49. The number of aliphatic hydroxyl groups is 2. The molecule has 0 aromatic rings. The summed E-state index contributed by atoms with van der Waals surface area (Å²) in [5.41, 5.74) is -1.31. The smallest absolute Gasteiger partial charge is 0.155 e. The third kappa shape index (κ3) is 1.02. The van der Waals surface area contributed by atoms with Gasteiger partial charge in [0.05, 0.1) is 12.2 Å². The van der Waals surface area contributed by atoms with E-state index in [9.17, 15) is 9.90 Å². The minimum atomic E-state index is -1.31. The van der Waals surface area contributed by atoms with Crippen molar-refractivity contribution in [3.8, 4) is 6.07 Å². The van der Waals surface area contributed by atoms with Crippen LogP contribution in [0.4, 0.5) is 0 Å². The van der Waals surface area contributed by atoms with Crippen LogP contribution in [0.2, 0.25) is 0 Å². The molecule has 1 saturated carbocycles. The Morgan fingerprint density at radius 1 is 1.83 bits per heavy atom. The number of rotatable bonds is 1. The van der Waals surface area contributed by atoms with Gasteiger partial charge in [0, 0.05) is 18.9 Å². The zero-order valence-corrected chi connectivity index (χ0v) is 6.82. The zero-order valence-electron chi connectivity index (χ0n) is 6.82. The normalized spacial score (nSPS) is 41.3. The second-order valence-corrected chi connectivity index (χ2v) is 3.33. The van der Waals surface area contributed by atoms with Gasteiger partial charge in [-0.2, -0.15) is 5.26 Å². The molecule has 2 N–H and O–H groups in total. The van der Waals surface area contributed by atoms with Crippen LogP contribution in [0.3, 0.4) is 0 Å². The van der Waals surface area contributed by atoms with E-state index in [0.29, 0.717) is 0 Å². The summed E-state index contributed by atoms with van der Waals surface area (Å²) in [6.07, 6.45) is -0.929. The van der Waals surface area contributed by atoms with Crippen LogP contribution in [0, 0.1) is 22.7 Å². The molecule has 1 aliphatic rings. The maximum absolute atomic E-state index is 11.2. The Hall–Kier alpha value is -0.920. The summed E-state index contributed by atoms with van der Waals surface area (Å²) in [6, 6.07) is 1.79. The lowest BCUT2D eigenvalue weighted by molar-refractivity contribution is -0.124. The van der Waals surface area contributed by atoms with Crippen molar-refractivity contribution in [2.45, 2.75) is 19.4 Å². The SMILES string of the molecule is C[C@]1(C#N)C(=O)C[C@H](CO)[C@H]1O. The third-order valence-electron chi connectivity index (χ3n) is 2.53. The van der Waals surface area contributed by atoms with Crippen molar-refractivity contribution in [3.63, 3.8) is 0 Å². The number of ketones is 1. The van der Waals surface area contributed by atoms with Crippen LogP contribution in [-0.4, -0.2) is 28.7 Å². The number of nitriles is 1. The van der Waals surface area contributed by atoms with E-state index in [1.165, 1.54) is 6.92 Å². The van der Waals surface area contributed by atoms with Crippen LogP contribution in [0.5, 0.6) is 0 Å². The lowest BCUT2D eigenvalue weighted by Gasteiger charge is -2.19. The Morgan fingerprint density at radius 2 is 2.42 bits per heavy atom. The van der Waals surface area contributed by atoms with E-state index < -0.39 is 17.4 Å². The van der Waals surface area contributed by atoms with Gasteiger partial charge in [-0.05, 0) is 6.92 Å². The number of Topliss-reactive ketones (excluding diaryl/α,β-unsaturated/α-hetero) is 1. The number of hydrogen-bond donors (Lipinski definition) is 2. The van der Waals surface area contributed by atoms with Gasteiger partial charge >= 0.3 is 0 Å². The first kappa shape index (κ1) is 9.17. The van der Waals surface area contributed by atoms with E-state index in [1.54, 1.807) is 6.07 Å². The van der Waals surface area contributed by atoms with Crippen LogP contribution in [0.1, 0.15) is 13.3 Å². The molecule has 1 fully saturated rings. The molecule has 1 aliphatic carbocycles. The first-order valence-electron chi connectivity index (χ1n) is 3.79. The quantitative estimate of drug-likeness (QED) is 0.552. The molecule has 3 atom stereocenters. The highest BCUT2D eigenvalue weighted by Crippen LogP contribution is 2.37. The third-order valence-corrected chi connectivity index (χ3v) is 2.53. The Labute approximate surface area is 70.4 Å². The van der Waals surface area contributed by atoms with Gasteiger partial charge < -0.3 is 10.2 Å². The second kappa shape index (κ2) is 2.85. The molecule has 0 aromatic carbocycles. The molecular formula is C8H11NO3. The summed E-state index contributed by atoms with van der Waals surface area (Å²) in [6.45, 7) is 1.17. The van der Waals surface area contributed by atoms with E-state index in [4.69, 9.17) is 10.4 Å². The molecule has 0 spiro atoms. The molecule has 0 saturated heterocycles. The van der Waals surface area contributed by atoms with Gasteiger partial charge in [-0.3, -0.25) is 4.79 Å². The van der Waals surface area contributed by atoms with E-state index >= 15 is 0 Å². The maximum atomic E-state index is 11.2. The highest BCUT2D eigenvalue weighted by Gasteiger charge is 2.51. The summed E-state index contributed by atoms with van der Waals surface area (Å²) in [4.78, 5) is 11.2. The summed E-state index contributed by atoms with van der Waals surface area (Å²) in [5, 5.41) is 26.9. The molecule has 12 heavy (non-hydrogen) atoms. The summed E-state index contributed by atoms with van der Waals surface area (Å²) in [7, 11) is 0. The molecule has 0 bridgehead atoms. The maximum Gasteiger partial charge on any atom is 0.155 e. The number of nitrogens with zero attached hydrogens (tertiary/aromatic N) is 1. The Bertz CT molecular complexity index is 245. The molecule has 4 heteroatoms. The predicted molar refractivity (Wildman–Crippen MR) is 39.9 cm³/mol. The fourth-order valence-electron chi connectivity index (χ4n) is 1.49. The van der Waals surface area contributed by atoms with Gasteiger partial charge in [-0.25, -0.2) is 0 Å². The molecule has 0 heterocycles. The van der Waals surface area contributed by atoms with Crippen LogP contribution < -0.4 is 0 Å². The lowest BCUT2D eigenvalue weighted by atomic mass is 9.86. The van der Waals surface area contributed by atoms with E-state index in [0.717, 1.165) is 0 Å². The van der Waals surface area contributed by atoms with E-state index in [1.807, 2.05) is 0 Å². The van der Waals surface area contributed by atoms with Gasteiger partial charge in [0.15, 0.2) is 5.78 Å². The first-order valence-corrected chi connectivity index (χ1v) is 3.79. The van der Waals surface area contributed by atoms with Crippen LogP contribution in [-0.2, 0) is 4.79 Å².